The van der Waals surface area contributed by atoms with Gasteiger partial charge in [0.15, 0.2) is 5.76 Å². The molecule has 0 saturated carbocycles. The summed E-state index contributed by atoms with van der Waals surface area (Å²) in [5.41, 5.74) is 1.32. The first kappa shape index (κ1) is 17.7. The van der Waals surface area contributed by atoms with Crippen molar-refractivity contribution in [1.29, 1.82) is 0 Å². The minimum Gasteiger partial charge on any atom is -0.360 e. The van der Waals surface area contributed by atoms with E-state index in [0.29, 0.717) is 23.9 Å². The van der Waals surface area contributed by atoms with Crippen molar-refractivity contribution >= 4 is 10.0 Å². The first-order chi connectivity index (χ1) is 10.8. The van der Waals surface area contributed by atoms with Crippen LogP contribution in [-0.2, 0) is 29.5 Å². The van der Waals surface area contributed by atoms with Crippen LogP contribution in [0.5, 0.6) is 0 Å². The van der Waals surface area contributed by atoms with Gasteiger partial charge in [-0.2, -0.15) is 5.10 Å². The standard InChI is InChI=1S/C15H24N4O3S/c1-5-6-19-10-15(12(4)17-19)23(20,21)16-9-14-8-13(18-22-14)7-11(2)3/h8,10-11,16H,5-7,9H2,1-4H3. The highest BCUT2D eigenvalue weighted by molar-refractivity contribution is 7.89. The lowest BCUT2D eigenvalue weighted by atomic mass is 10.1. The van der Waals surface area contributed by atoms with E-state index in [1.807, 2.05) is 6.92 Å². The van der Waals surface area contributed by atoms with Crippen molar-refractivity contribution in [3.05, 3.63) is 29.4 Å². The molecule has 0 aliphatic rings. The van der Waals surface area contributed by atoms with Crippen LogP contribution in [0.4, 0.5) is 0 Å². The summed E-state index contributed by atoms with van der Waals surface area (Å²) in [5, 5.41) is 8.17. The average Bonchev–Trinajstić information content (AvgIpc) is 3.04. The van der Waals surface area contributed by atoms with Gasteiger partial charge in [-0.05, 0) is 25.7 Å². The van der Waals surface area contributed by atoms with Gasteiger partial charge in [-0.15, -0.1) is 0 Å². The number of nitrogens with one attached hydrogen (secondary N) is 1. The highest BCUT2D eigenvalue weighted by Crippen LogP contribution is 2.15. The number of hydrogen-bond acceptors (Lipinski definition) is 5. The molecule has 0 aliphatic heterocycles. The summed E-state index contributed by atoms with van der Waals surface area (Å²) in [7, 11) is -3.62. The summed E-state index contributed by atoms with van der Waals surface area (Å²) in [6.45, 7) is 8.66. The largest absolute Gasteiger partial charge is 0.360 e. The first-order valence-electron chi connectivity index (χ1n) is 7.80. The number of sulfonamides is 1. The molecule has 0 amide bonds. The van der Waals surface area contributed by atoms with Gasteiger partial charge in [0, 0.05) is 18.8 Å². The number of nitrogens with zero attached hydrogens (tertiary/aromatic N) is 3. The quantitative estimate of drug-likeness (QED) is 0.796. The molecule has 0 atom stereocenters. The second-order valence-corrected chi connectivity index (χ2v) is 7.78. The molecule has 0 spiro atoms. The van der Waals surface area contributed by atoms with Gasteiger partial charge in [0.1, 0.15) is 4.90 Å². The van der Waals surface area contributed by atoms with Crippen LogP contribution in [0.15, 0.2) is 21.7 Å². The highest BCUT2D eigenvalue weighted by Gasteiger charge is 2.20. The summed E-state index contributed by atoms with van der Waals surface area (Å²) in [6.07, 6.45) is 3.26. The minimum absolute atomic E-state index is 0.0752. The zero-order chi connectivity index (χ0) is 17.0. The smallest absolute Gasteiger partial charge is 0.244 e. The number of aromatic nitrogens is 3. The molecule has 2 heterocycles. The molecule has 7 nitrogen and oxygen atoms in total. The molecular weight excluding hydrogens is 316 g/mol. The third-order valence-electron chi connectivity index (χ3n) is 3.31. The SMILES string of the molecule is CCCn1cc(S(=O)(=O)NCc2cc(CC(C)C)no2)c(C)n1. The van der Waals surface area contributed by atoms with E-state index in [9.17, 15) is 8.42 Å². The molecule has 0 aromatic carbocycles. The molecule has 0 saturated heterocycles. The van der Waals surface area contributed by atoms with E-state index < -0.39 is 10.0 Å². The lowest BCUT2D eigenvalue weighted by Gasteiger charge is -2.03. The van der Waals surface area contributed by atoms with Crippen molar-refractivity contribution in [3.63, 3.8) is 0 Å². The van der Waals surface area contributed by atoms with Crippen LogP contribution >= 0.6 is 0 Å². The molecule has 2 aromatic heterocycles. The molecule has 8 heteroatoms. The van der Waals surface area contributed by atoms with Crippen molar-refractivity contribution in [3.8, 4) is 0 Å². The number of rotatable bonds is 8. The molecular formula is C15H24N4O3S. The van der Waals surface area contributed by atoms with Gasteiger partial charge >= 0.3 is 0 Å². The van der Waals surface area contributed by atoms with Crippen molar-refractivity contribution < 1.29 is 12.9 Å². The Morgan fingerprint density at radius 2 is 2.13 bits per heavy atom. The highest BCUT2D eigenvalue weighted by atomic mass is 32.2. The van der Waals surface area contributed by atoms with Crippen LogP contribution in [0.2, 0.25) is 0 Å². The van der Waals surface area contributed by atoms with Gasteiger partial charge in [-0.25, -0.2) is 13.1 Å². The summed E-state index contributed by atoms with van der Waals surface area (Å²) in [5.74, 6) is 0.972. The summed E-state index contributed by atoms with van der Waals surface area (Å²) < 4.78 is 34.2. The van der Waals surface area contributed by atoms with Crippen molar-refractivity contribution in [2.75, 3.05) is 0 Å². The summed E-state index contributed by atoms with van der Waals surface area (Å²) >= 11 is 0. The molecule has 2 rings (SSSR count). The summed E-state index contributed by atoms with van der Waals surface area (Å²) in [4.78, 5) is 0.202. The maximum Gasteiger partial charge on any atom is 0.244 e. The van der Waals surface area contributed by atoms with Gasteiger partial charge in [0.25, 0.3) is 0 Å². The Kier molecular flexibility index (Phi) is 5.59. The third kappa shape index (κ3) is 4.65. The summed E-state index contributed by atoms with van der Waals surface area (Å²) in [6, 6.07) is 1.79. The van der Waals surface area contributed by atoms with E-state index in [-0.39, 0.29) is 11.4 Å². The Morgan fingerprint density at radius 1 is 1.39 bits per heavy atom. The van der Waals surface area contributed by atoms with Crippen LogP contribution in [-0.4, -0.2) is 23.4 Å². The third-order valence-corrected chi connectivity index (χ3v) is 4.81. The molecule has 2 aromatic rings. The predicted molar refractivity (Wildman–Crippen MR) is 86.3 cm³/mol. The fraction of sp³-hybridized carbons (Fsp3) is 0.600. The molecule has 1 N–H and O–H groups in total. The van der Waals surface area contributed by atoms with Gasteiger partial charge in [-0.3, -0.25) is 4.68 Å². The van der Waals surface area contributed by atoms with Gasteiger partial charge < -0.3 is 4.52 Å². The van der Waals surface area contributed by atoms with Crippen LogP contribution in [0.3, 0.4) is 0 Å². The lowest BCUT2D eigenvalue weighted by molar-refractivity contribution is 0.372. The Morgan fingerprint density at radius 3 is 2.78 bits per heavy atom. The maximum absolute atomic E-state index is 12.4. The van der Waals surface area contributed by atoms with E-state index in [0.717, 1.165) is 18.5 Å². The van der Waals surface area contributed by atoms with Gasteiger partial charge in [-0.1, -0.05) is 25.9 Å². The Hall–Kier alpha value is -1.67. The van der Waals surface area contributed by atoms with Crippen LogP contribution in [0, 0.1) is 12.8 Å². The van der Waals surface area contributed by atoms with Gasteiger partial charge in [0.05, 0.1) is 17.9 Å². The zero-order valence-electron chi connectivity index (χ0n) is 14.0. The van der Waals surface area contributed by atoms with Crippen molar-refractivity contribution in [2.24, 2.45) is 5.92 Å². The van der Waals surface area contributed by atoms with Crippen molar-refractivity contribution in [2.45, 2.75) is 58.5 Å². The second-order valence-electron chi connectivity index (χ2n) is 6.05. The molecule has 0 radical (unpaired) electrons. The normalized spacial score (nSPS) is 12.2. The van der Waals surface area contributed by atoms with Crippen LogP contribution in [0.1, 0.15) is 44.3 Å². The first-order valence-corrected chi connectivity index (χ1v) is 9.28. The van der Waals surface area contributed by atoms with Crippen LogP contribution in [0.25, 0.3) is 0 Å². The lowest BCUT2D eigenvalue weighted by Crippen LogP contribution is -2.23. The molecule has 0 aliphatic carbocycles. The number of hydrogen-bond donors (Lipinski definition) is 1. The van der Waals surface area contributed by atoms with E-state index in [1.54, 1.807) is 23.9 Å². The monoisotopic (exact) mass is 340 g/mol. The second kappa shape index (κ2) is 7.27. The topological polar surface area (TPSA) is 90.0 Å². The van der Waals surface area contributed by atoms with Gasteiger partial charge in [0.2, 0.25) is 10.0 Å². The van der Waals surface area contributed by atoms with Crippen LogP contribution < -0.4 is 4.72 Å². The predicted octanol–water partition coefficient (Wildman–Crippen LogP) is 2.27. The Bertz CT molecular complexity index is 747. The maximum atomic E-state index is 12.4. The van der Waals surface area contributed by atoms with E-state index >= 15 is 0 Å². The molecule has 0 bridgehead atoms. The molecule has 128 valence electrons. The minimum atomic E-state index is -3.62. The molecule has 23 heavy (non-hydrogen) atoms. The van der Waals surface area contributed by atoms with E-state index in [4.69, 9.17) is 4.52 Å². The zero-order valence-corrected chi connectivity index (χ0v) is 14.9. The Balaban J connectivity index is 2.05. The fourth-order valence-electron chi connectivity index (χ4n) is 2.30. The Labute approximate surface area is 137 Å². The van der Waals surface area contributed by atoms with Crippen molar-refractivity contribution in [1.82, 2.24) is 19.7 Å². The molecule has 0 fully saturated rings. The molecule has 0 unspecified atom stereocenters. The average molecular weight is 340 g/mol. The number of aryl methyl sites for hydroxylation is 2. The van der Waals surface area contributed by atoms with E-state index in [2.05, 4.69) is 28.8 Å². The fourth-order valence-corrected chi connectivity index (χ4v) is 3.48. The van der Waals surface area contributed by atoms with E-state index in [1.165, 1.54) is 0 Å².